The van der Waals surface area contributed by atoms with Gasteiger partial charge in [0.15, 0.2) is 11.5 Å². The average molecular weight is 269 g/mol. The Balaban J connectivity index is 1.89. The van der Waals surface area contributed by atoms with Crippen LogP contribution in [0.25, 0.3) is 0 Å². The standard InChI is InChI=1S/C14H17ClO3/c1-9(16)4-10-5-11(15)13-12(6-10)17-7-14(2-3-14)8-18-13/h5-6,9,16H,2-4,7-8H2,1H3. The molecule has 1 N–H and O–H groups in total. The number of fused-ring (bicyclic) bond motifs is 1. The van der Waals surface area contributed by atoms with E-state index in [2.05, 4.69) is 0 Å². The van der Waals surface area contributed by atoms with Gasteiger partial charge in [-0.2, -0.15) is 0 Å². The Hall–Kier alpha value is -0.930. The molecule has 0 bridgehead atoms. The second-order valence-electron chi connectivity index (χ2n) is 5.54. The monoisotopic (exact) mass is 268 g/mol. The van der Waals surface area contributed by atoms with Gasteiger partial charge in [0.2, 0.25) is 0 Å². The summed E-state index contributed by atoms with van der Waals surface area (Å²) in [6.07, 6.45) is 2.51. The van der Waals surface area contributed by atoms with Crippen LogP contribution in [0.2, 0.25) is 5.02 Å². The number of hydrogen-bond acceptors (Lipinski definition) is 3. The van der Waals surface area contributed by atoms with Crippen LogP contribution in [0, 0.1) is 5.41 Å². The molecule has 1 aromatic rings. The van der Waals surface area contributed by atoms with Crippen LogP contribution in [-0.4, -0.2) is 24.4 Å². The first-order valence-corrected chi connectivity index (χ1v) is 6.72. The highest BCUT2D eigenvalue weighted by Crippen LogP contribution is 2.50. The van der Waals surface area contributed by atoms with Crippen molar-refractivity contribution in [3.05, 3.63) is 22.7 Å². The van der Waals surface area contributed by atoms with E-state index in [1.807, 2.05) is 12.1 Å². The van der Waals surface area contributed by atoms with Crippen LogP contribution in [-0.2, 0) is 6.42 Å². The molecule has 1 saturated carbocycles. The predicted octanol–water partition coefficient (Wildman–Crippen LogP) is 2.81. The summed E-state index contributed by atoms with van der Waals surface area (Å²) < 4.78 is 11.6. The molecule has 98 valence electrons. The smallest absolute Gasteiger partial charge is 0.179 e. The summed E-state index contributed by atoms with van der Waals surface area (Å²) in [7, 11) is 0. The van der Waals surface area contributed by atoms with Crippen molar-refractivity contribution in [1.29, 1.82) is 0 Å². The SMILES string of the molecule is CC(O)Cc1cc(Cl)c2c(c1)OCC1(CC1)CO2. The highest BCUT2D eigenvalue weighted by atomic mass is 35.5. The van der Waals surface area contributed by atoms with E-state index in [-0.39, 0.29) is 11.5 Å². The Morgan fingerprint density at radius 1 is 1.33 bits per heavy atom. The largest absolute Gasteiger partial charge is 0.489 e. The van der Waals surface area contributed by atoms with Crippen molar-refractivity contribution in [1.82, 2.24) is 0 Å². The van der Waals surface area contributed by atoms with Crippen LogP contribution >= 0.6 is 11.6 Å². The molecule has 1 atom stereocenters. The summed E-state index contributed by atoms with van der Waals surface area (Å²) in [5.41, 5.74) is 1.19. The van der Waals surface area contributed by atoms with E-state index < -0.39 is 0 Å². The summed E-state index contributed by atoms with van der Waals surface area (Å²) in [4.78, 5) is 0. The third kappa shape index (κ3) is 2.29. The van der Waals surface area contributed by atoms with Gasteiger partial charge in [-0.05, 0) is 43.9 Å². The van der Waals surface area contributed by atoms with Crippen molar-refractivity contribution >= 4 is 11.6 Å². The molecule has 1 heterocycles. The lowest BCUT2D eigenvalue weighted by atomic mass is 10.1. The van der Waals surface area contributed by atoms with Crippen LogP contribution in [0.4, 0.5) is 0 Å². The lowest BCUT2D eigenvalue weighted by Gasteiger charge is -2.12. The Labute approximate surface area is 112 Å². The molecule has 1 aromatic carbocycles. The first-order chi connectivity index (χ1) is 8.58. The van der Waals surface area contributed by atoms with E-state index in [0.717, 1.165) is 5.56 Å². The topological polar surface area (TPSA) is 38.7 Å². The van der Waals surface area contributed by atoms with Crippen molar-refractivity contribution in [3.8, 4) is 11.5 Å². The molecule has 2 aliphatic rings. The maximum absolute atomic E-state index is 9.43. The number of aliphatic hydroxyl groups excluding tert-OH is 1. The lowest BCUT2D eigenvalue weighted by molar-refractivity contribution is 0.194. The Bertz CT molecular complexity index is 466. The van der Waals surface area contributed by atoms with Crippen LogP contribution in [0.3, 0.4) is 0 Å². The van der Waals surface area contributed by atoms with E-state index in [1.165, 1.54) is 12.8 Å². The van der Waals surface area contributed by atoms with Crippen molar-refractivity contribution in [3.63, 3.8) is 0 Å². The van der Waals surface area contributed by atoms with E-state index in [9.17, 15) is 5.11 Å². The van der Waals surface area contributed by atoms with E-state index in [0.29, 0.717) is 36.2 Å². The molecule has 3 rings (SSSR count). The maximum Gasteiger partial charge on any atom is 0.179 e. The Kier molecular flexibility index (Phi) is 2.91. The predicted molar refractivity (Wildman–Crippen MR) is 69.5 cm³/mol. The molecule has 1 spiro atoms. The summed E-state index contributed by atoms with van der Waals surface area (Å²) >= 11 is 6.23. The van der Waals surface area contributed by atoms with Gasteiger partial charge in [-0.25, -0.2) is 0 Å². The fourth-order valence-electron chi connectivity index (χ4n) is 2.29. The lowest BCUT2D eigenvalue weighted by Crippen LogP contribution is -2.17. The first-order valence-electron chi connectivity index (χ1n) is 6.34. The van der Waals surface area contributed by atoms with Gasteiger partial charge in [0.05, 0.1) is 24.3 Å². The number of ether oxygens (including phenoxy) is 2. The number of rotatable bonds is 2. The second kappa shape index (κ2) is 4.32. The number of halogens is 1. The molecule has 0 aromatic heterocycles. The molecular weight excluding hydrogens is 252 g/mol. The zero-order valence-electron chi connectivity index (χ0n) is 10.4. The van der Waals surface area contributed by atoms with Crippen molar-refractivity contribution in [2.75, 3.05) is 13.2 Å². The van der Waals surface area contributed by atoms with Crippen molar-refractivity contribution in [2.45, 2.75) is 32.3 Å². The summed E-state index contributed by atoms with van der Waals surface area (Å²) in [5, 5.41) is 10.0. The average Bonchev–Trinajstić information content (AvgIpc) is 3.07. The Morgan fingerprint density at radius 2 is 2.06 bits per heavy atom. The zero-order chi connectivity index (χ0) is 12.8. The molecule has 1 fully saturated rings. The third-order valence-corrected chi connectivity index (χ3v) is 3.89. The first kappa shape index (κ1) is 12.1. The quantitative estimate of drug-likeness (QED) is 0.896. The van der Waals surface area contributed by atoms with Gasteiger partial charge in [-0.1, -0.05) is 11.6 Å². The summed E-state index contributed by atoms with van der Waals surface area (Å²) in [6.45, 7) is 3.15. The second-order valence-corrected chi connectivity index (χ2v) is 5.94. The van der Waals surface area contributed by atoms with Gasteiger partial charge in [0, 0.05) is 5.41 Å². The number of hydrogen-bond donors (Lipinski definition) is 1. The van der Waals surface area contributed by atoms with Crippen LogP contribution in [0.15, 0.2) is 12.1 Å². The molecule has 0 saturated heterocycles. The molecule has 0 radical (unpaired) electrons. The molecular formula is C14H17ClO3. The van der Waals surface area contributed by atoms with E-state index >= 15 is 0 Å². The minimum absolute atomic E-state index is 0.215. The minimum Gasteiger partial charge on any atom is -0.489 e. The van der Waals surface area contributed by atoms with E-state index in [1.54, 1.807) is 6.92 Å². The van der Waals surface area contributed by atoms with Crippen molar-refractivity contribution < 1.29 is 14.6 Å². The van der Waals surface area contributed by atoms with Gasteiger partial charge >= 0.3 is 0 Å². The van der Waals surface area contributed by atoms with Gasteiger partial charge in [-0.15, -0.1) is 0 Å². The highest BCUT2D eigenvalue weighted by Gasteiger charge is 2.46. The molecule has 4 heteroatoms. The fraction of sp³-hybridized carbons (Fsp3) is 0.571. The Morgan fingerprint density at radius 3 is 2.72 bits per heavy atom. The summed E-state index contributed by atoms with van der Waals surface area (Å²) in [6, 6.07) is 3.77. The fourth-order valence-corrected chi connectivity index (χ4v) is 2.58. The van der Waals surface area contributed by atoms with E-state index in [4.69, 9.17) is 21.1 Å². The van der Waals surface area contributed by atoms with Crippen LogP contribution in [0.1, 0.15) is 25.3 Å². The van der Waals surface area contributed by atoms with Crippen molar-refractivity contribution in [2.24, 2.45) is 5.41 Å². The molecule has 18 heavy (non-hydrogen) atoms. The third-order valence-electron chi connectivity index (χ3n) is 3.61. The van der Waals surface area contributed by atoms with Gasteiger partial charge in [0.25, 0.3) is 0 Å². The molecule has 1 aliphatic carbocycles. The molecule has 1 unspecified atom stereocenters. The molecule has 1 aliphatic heterocycles. The number of aliphatic hydroxyl groups is 1. The van der Waals surface area contributed by atoms with Gasteiger partial charge in [0.1, 0.15) is 0 Å². The van der Waals surface area contributed by atoms with Crippen LogP contribution < -0.4 is 9.47 Å². The van der Waals surface area contributed by atoms with Gasteiger partial charge < -0.3 is 14.6 Å². The summed E-state index contributed by atoms with van der Waals surface area (Å²) in [5.74, 6) is 1.36. The zero-order valence-corrected chi connectivity index (χ0v) is 11.2. The number of benzene rings is 1. The van der Waals surface area contributed by atoms with Gasteiger partial charge in [-0.3, -0.25) is 0 Å². The normalized spacial score (nSPS) is 21.5. The highest BCUT2D eigenvalue weighted by molar-refractivity contribution is 6.32. The molecule has 0 amide bonds. The maximum atomic E-state index is 9.43. The minimum atomic E-state index is -0.388. The van der Waals surface area contributed by atoms with Crippen LogP contribution in [0.5, 0.6) is 11.5 Å². The molecule has 3 nitrogen and oxygen atoms in total.